The number of ether oxygens (including phenoxy) is 2. The highest BCUT2D eigenvalue weighted by molar-refractivity contribution is 6.00. The molecule has 1 unspecified atom stereocenters. The Balaban J connectivity index is 1.88. The van der Waals surface area contributed by atoms with Crippen LogP contribution < -0.4 is 5.32 Å². The van der Waals surface area contributed by atoms with E-state index in [1.807, 2.05) is 18.2 Å². The van der Waals surface area contributed by atoms with Crippen LogP contribution in [-0.2, 0) is 19.1 Å². The van der Waals surface area contributed by atoms with Gasteiger partial charge in [0, 0.05) is 29.4 Å². The molecule has 0 amide bonds. The van der Waals surface area contributed by atoms with Crippen molar-refractivity contribution in [1.82, 2.24) is 5.32 Å². The number of allylic oxidation sites excluding steroid dienone is 2. The van der Waals surface area contributed by atoms with Gasteiger partial charge in [-0.05, 0) is 44.2 Å². The predicted molar refractivity (Wildman–Crippen MR) is 129 cm³/mol. The SMILES string of the molecule is CCOC(=O)C1=C(C)NC([C@@H]2C[C@H]2c2ccccc2)=C(C(=O)OCC)C1c1cccc([N+](=O)[O-])c1. The number of nitro benzene ring substituents is 1. The number of rotatable bonds is 8. The predicted octanol–water partition coefficient (Wildman–Crippen LogP) is 4.74. The molecule has 4 rings (SSSR count). The molecule has 1 aliphatic carbocycles. The third kappa shape index (κ3) is 4.82. The van der Waals surface area contributed by atoms with Gasteiger partial charge >= 0.3 is 11.9 Å². The second-order valence-corrected chi connectivity index (χ2v) is 8.58. The molecule has 0 saturated heterocycles. The molecule has 0 spiro atoms. The van der Waals surface area contributed by atoms with Crippen molar-refractivity contribution in [2.75, 3.05) is 13.2 Å². The topological polar surface area (TPSA) is 108 Å². The summed E-state index contributed by atoms with van der Waals surface area (Å²) in [6.07, 6.45) is 0.832. The number of carbonyl (C=O) groups excluding carboxylic acids is 2. The van der Waals surface area contributed by atoms with Gasteiger partial charge in [-0.1, -0.05) is 42.5 Å². The van der Waals surface area contributed by atoms with Gasteiger partial charge in [0.05, 0.1) is 35.2 Å². The standard InChI is InChI=1S/C27H28N2O6/c1-4-34-26(30)22-16(3)28-25(21-15-20(21)17-10-7-6-8-11-17)24(27(31)35-5-2)23(22)18-12-9-13-19(14-18)29(32)33/h6-14,20-21,23,28H,4-5,15H2,1-3H3/t20-,21+,23?/m0/s1. The summed E-state index contributed by atoms with van der Waals surface area (Å²) in [5.41, 5.74) is 3.29. The Hall–Kier alpha value is -3.94. The molecule has 0 bridgehead atoms. The molecule has 8 nitrogen and oxygen atoms in total. The summed E-state index contributed by atoms with van der Waals surface area (Å²) >= 11 is 0. The van der Waals surface area contributed by atoms with Crippen molar-refractivity contribution in [3.05, 3.63) is 98.4 Å². The molecule has 0 aromatic heterocycles. The minimum Gasteiger partial charge on any atom is -0.463 e. The van der Waals surface area contributed by atoms with Crippen LogP contribution in [0.5, 0.6) is 0 Å². The second kappa shape index (κ2) is 10.1. The van der Waals surface area contributed by atoms with E-state index in [-0.39, 0.29) is 36.3 Å². The van der Waals surface area contributed by atoms with Crippen molar-refractivity contribution in [2.45, 2.75) is 39.0 Å². The maximum absolute atomic E-state index is 13.4. The van der Waals surface area contributed by atoms with E-state index in [0.717, 1.165) is 6.42 Å². The second-order valence-electron chi connectivity index (χ2n) is 8.58. The fraction of sp³-hybridized carbons (Fsp3) is 0.333. The number of hydrogen-bond donors (Lipinski definition) is 1. The van der Waals surface area contributed by atoms with Crippen molar-refractivity contribution >= 4 is 17.6 Å². The van der Waals surface area contributed by atoms with Gasteiger partial charge in [0.2, 0.25) is 0 Å². The Kier molecular flexibility index (Phi) is 7.00. The molecule has 1 aliphatic heterocycles. The van der Waals surface area contributed by atoms with E-state index in [0.29, 0.717) is 22.5 Å². The summed E-state index contributed by atoms with van der Waals surface area (Å²) in [6, 6.07) is 16.1. The zero-order chi connectivity index (χ0) is 25.1. The molecular weight excluding hydrogens is 448 g/mol. The highest BCUT2D eigenvalue weighted by Gasteiger charge is 2.48. The minimum atomic E-state index is -0.860. The molecule has 2 aliphatic rings. The molecule has 1 saturated carbocycles. The highest BCUT2D eigenvalue weighted by Crippen LogP contribution is 2.55. The van der Waals surface area contributed by atoms with Crippen LogP contribution in [0.15, 0.2) is 77.1 Å². The highest BCUT2D eigenvalue weighted by atomic mass is 16.6. The average Bonchev–Trinajstić information content (AvgIpc) is 3.65. The number of hydrogen-bond acceptors (Lipinski definition) is 7. The van der Waals surface area contributed by atoms with Gasteiger partial charge in [-0.25, -0.2) is 9.59 Å². The van der Waals surface area contributed by atoms with Gasteiger partial charge in [0.15, 0.2) is 0 Å². The van der Waals surface area contributed by atoms with Crippen LogP contribution in [0.3, 0.4) is 0 Å². The van der Waals surface area contributed by atoms with E-state index in [2.05, 4.69) is 17.4 Å². The molecule has 1 N–H and O–H groups in total. The quantitative estimate of drug-likeness (QED) is 0.333. The lowest BCUT2D eigenvalue weighted by Crippen LogP contribution is -2.34. The normalized spacial score (nSPS) is 21.3. The first-order valence-electron chi connectivity index (χ1n) is 11.7. The van der Waals surface area contributed by atoms with Crippen LogP contribution in [0, 0.1) is 16.0 Å². The lowest BCUT2D eigenvalue weighted by molar-refractivity contribution is -0.384. The lowest BCUT2D eigenvalue weighted by atomic mass is 9.79. The molecule has 8 heteroatoms. The van der Waals surface area contributed by atoms with Crippen molar-refractivity contribution < 1.29 is 24.0 Å². The fourth-order valence-corrected chi connectivity index (χ4v) is 4.80. The number of carbonyl (C=O) groups is 2. The fourth-order valence-electron chi connectivity index (χ4n) is 4.80. The number of esters is 2. The third-order valence-corrected chi connectivity index (χ3v) is 6.39. The Morgan fingerprint density at radius 3 is 2.20 bits per heavy atom. The van der Waals surface area contributed by atoms with Crippen LogP contribution in [-0.4, -0.2) is 30.1 Å². The minimum absolute atomic E-state index is 0.0247. The zero-order valence-corrected chi connectivity index (χ0v) is 19.9. The van der Waals surface area contributed by atoms with Crippen LogP contribution >= 0.6 is 0 Å². The molecule has 3 atom stereocenters. The molecule has 1 fully saturated rings. The van der Waals surface area contributed by atoms with Gasteiger partial charge in [0.25, 0.3) is 5.69 Å². The number of benzene rings is 2. The van der Waals surface area contributed by atoms with Crippen LogP contribution in [0.2, 0.25) is 0 Å². The number of nitro groups is 1. The van der Waals surface area contributed by atoms with E-state index >= 15 is 0 Å². The summed E-state index contributed by atoms with van der Waals surface area (Å²) in [5, 5.41) is 14.8. The largest absolute Gasteiger partial charge is 0.463 e. The van der Waals surface area contributed by atoms with Crippen molar-refractivity contribution in [3.8, 4) is 0 Å². The molecule has 182 valence electrons. The first-order chi connectivity index (χ1) is 16.9. The maximum Gasteiger partial charge on any atom is 0.336 e. The first-order valence-corrected chi connectivity index (χ1v) is 11.7. The van der Waals surface area contributed by atoms with Crippen molar-refractivity contribution in [2.24, 2.45) is 5.92 Å². The Labute approximate surface area is 203 Å². The van der Waals surface area contributed by atoms with Gasteiger partial charge in [-0.15, -0.1) is 0 Å². The Bertz CT molecular complexity index is 1220. The zero-order valence-electron chi connectivity index (χ0n) is 19.9. The molecular formula is C27H28N2O6. The maximum atomic E-state index is 13.4. The molecule has 35 heavy (non-hydrogen) atoms. The van der Waals surface area contributed by atoms with Crippen LogP contribution in [0.1, 0.15) is 50.2 Å². The third-order valence-electron chi connectivity index (χ3n) is 6.39. The molecule has 2 aromatic carbocycles. The number of non-ortho nitro benzene ring substituents is 1. The number of nitrogens with zero attached hydrogens (tertiary/aromatic N) is 1. The Morgan fingerprint density at radius 1 is 0.943 bits per heavy atom. The average molecular weight is 477 g/mol. The van der Waals surface area contributed by atoms with Gasteiger partial charge in [-0.3, -0.25) is 10.1 Å². The van der Waals surface area contributed by atoms with E-state index < -0.39 is 22.8 Å². The van der Waals surface area contributed by atoms with E-state index in [4.69, 9.17) is 9.47 Å². The van der Waals surface area contributed by atoms with Gasteiger partial charge in [0.1, 0.15) is 0 Å². The smallest absolute Gasteiger partial charge is 0.336 e. The summed E-state index contributed by atoms with van der Waals surface area (Å²) in [7, 11) is 0. The van der Waals surface area contributed by atoms with E-state index in [1.165, 1.54) is 17.7 Å². The van der Waals surface area contributed by atoms with E-state index in [9.17, 15) is 19.7 Å². The lowest BCUT2D eigenvalue weighted by Gasteiger charge is -2.32. The van der Waals surface area contributed by atoms with Gasteiger partial charge < -0.3 is 14.8 Å². The summed E-state index contributed by atoms with van der Waals surface area (Å²) < 4.78 is 10.8. The molecule has 0 radical (unpaired) electrons. The van der Waals surface area contributed by atoms with Crippen LogP contribution in [0.4, 0.5) is 5.69 Å². The molecule has 2 aromatic rings. The number of nitrogens with one attached hydrogen (secondary N) is 1. The van der Waals surface area contributed by atoms with Crippen molar-refractivity contribution in [1.29, 1.82) is 0 Å². The summed E-state index contributed by atoms with van der Waals surface area (Å²) in [6.45, 7) is 5.49. The summed E-state index contributed by atoms with van der Waals surface area (Å²) in [4.78, 5) is 37.5. The van der Waals surface area contributed by atoms with E-state index in [1.54, 1.807) is 32.9 Å². The monoisotopic (exact) mass is 476 g/mol. The van der Waals surface area contributed by atoms with Gasteiger partial charge in [-0.2, -0.15) is 0 Å². The Morgan fingerprint density at radius 2 is 1.57 bits per heavy atom. The summed E-state index contributed by atoms with van der Waals surface area (Å²) in [5.74, 6) is -1.76. The molecule has 1 heterocycles. The van der Waals surface area contributed by atoms with Crippen molar-refractivity contribution in [3.63, 3.8) is 0 Å². The first kappa shape index (κ1) is 24.2. The number of dihydropyridines is 1. The van der Waals surface area contributed by atoms with Crippen LogP contribution in [0.25, 0.3) is 0 Å².